The van der Waals surface area contributed by atoms with Gasteiger partial charge in [0.25, 0.3) is 0 Å². The van der Waals surface area contributed by atoms with Crippen molar-refractivity contribution in [2.24, 2.45) is 5.92 Å². The van der Waals surface area contributed by atoms with Gasteiger partial charge in [-0.2, -0.15) is 0 Å². The molecule has 3 nitrogen and oxygen atoms in total. The van der Waals surface area contributed by atoms with Crippen molar-refractivity contribution in [2.45, 2.75) is 26.2 Å². The lowest BCUT2D eigenvalue weighted by atomic mass is 9.99. The van der Waals surface area contributed by atoms with E-state index in [1.807, 2.05) is 12.4 Å². The maximum Gasteiger partial charge on any atom is 0.0270 e. The number of rotatable bonds is 6. The molecule has 0 aliphatic carbocycles. The molecule has 1 aliphatic rings. The van der Waals surface area contributed by atoms with E-state index < -0.39 is 0 Å². The lowest BCUT2D eigenvalue weighted by Gasteiger charge is -2.31. The second kappa shape index (κ2) is 7.61. The van der Waals surface area contributed by atoms with Crippen molar-refractivity contribution in [1.29, 1.82) is 0 Å². The minimum Gasteiger partial charge on any atom is -0.305 e. The summed E-state index contributed by atoms with van der Waals surface area (Å²) in [4.78, 5) is 9.11. The van der Waals surface area contributed by atoms with Gasteiger partial charge in [0.1, 0.15) is 0 Å². The van der Waals surface area contributed by atoms with Gasteiger partial charge >= 0.3 is 0 Å². The standard InChI is InChI=1S/C16H27N3/c1-15-5-11-19(12-6-15)14-13-18(2)10-7-16-3-8-17-9-4-16/h3-4,8-9,15H,5-7,10-14H2,1-2H3. The van der Waals surface area contributed by atoms with Crippen LogP contribution in [0.1, 0.15) is 25.3 Å². The molecular formula is C16H27N3. The van der Waals surface area contributed by atoms with E-state index in [9.17, 15) is 0 Å². The number of nitrogens with zero attached hydrogens (tertiary/aromatic N) is 3. The first-order chi connectivity index (χ1) is 9.24. The van der Waals surface area contributed by atoms with E-state index in [0.717, 1.165) is 18.9 Å². The van der Waals surface area contributed by atoms with Crippen LogP contribution in [0.3, 0.4) is 0 Å². The molecule has 1 aromatic heterocycles. The zero-order valence-corrected chi connectivity index (χ0v) is 12.4. The summed E-state index contributed by atoms with van der Waals surface area (Å²) in [6.07, 6.45) is 7.63. The zero-order valence-electron chi connectivity index (χ0n) is 12.4. The van der Waals surface area contributed by atoms with Crippen LogP contribution in [-0.4, -0.2) is 54.6 Å². The van der Waals surface area contributed by atoms with Gasteiger partial charge in [-0.25, -0.2) is 0 Å². The van der Waals surface area contributed by atoms with Gasteiger partial charge in [-0.1, -0.05) is 6.92 Å². The average molecular weight is 261 g/mol. The number of hydrogen-bond donors (Lipinski definition) is 0. The topological polar surface area (TPSA) is 19.4 Å². The molecule has 0 amide bonds. The highest BCUT2D eigenvalue weighted by Crippen LogP contribution is 2.15. The van der Waals surface area contributed by atoms with Crippen LogP contribution in [-0.2, 0) is 6.42 Å². The molecule has 0 radical (unpaired) electrons. The van der Waals surface area contributed by atoms with E-state index in [4.69, 9.17) is 0 Å². The van der Waals surface area contributed by atoms with Crippen LogP contribution in [0.4, 0.5) is 0 Å². The normalized spacial score (nSPS) is 18.1. The second-order valence-electron chi connectivity index (χ2n) is 5.93. The molecule has 0 bridgehead atoms. The molecule has 1 saturated heterocycles. The molecule has 0 atom stereocenters. The molecule has 1 aliphatic heterocycles. The lowest BCUT2D eigenvalue weighted by Crippen LogP contribution is -2.38. The van der Waals surface area contributed by atoms with Crippen LogP contribution in [0.5, 0.6) is 0 Å². The fourth-order valence-corrected chi connectivity index (χ4v) is 2.58. The summed E-state index contributed by atoms with van der Waals surface area (Å²) < 4.78 is 0. The molecule has 0 aromatic carbocycles. The SMILES string of the molecule is CC1CCN(CCN(C)CCc2ccncc2)CC1. The minimum absolute atomic E-state index is 0.931. The summed E-state index contributed by atoms with van der Waals surface area (Å²) in [5.41, 5.74) is 1.38. The monoisotopic (exact) mass is 261 g/mol. The van der Waals surface area contributed by atoms with Crippen molar-refractivity contribution in [3.63, 3.8) is 0 Å². The van der Waals surface area contributed by atoms with Crippen molar-refractivity contribution in [3.8, 4) is 0 Å². The highest BCUT2D eigenvalue weighted by Gasteiger charge is 2.15. The Balaban J connectivity index is 1.61. The van der Waals surface area contributed by atoms with Gasteiger partial charge < -0.3 is 9.80 Å². The van der Waals surface area contributed by atoms with Crippen molar-refractivity contribution in [2.75, 3.05) is 39.8 Å². The zero-order chi connectivity index (χ0) is 13.5. The second-order valence-corrected chi connectivity index (χ2v) is 5.93. The molecule has 2 heterocycles. The van der Waals surface area contributed by atoms with Crippen molar-refractivity contribution in [1.82, 2.24) is 14.8 Å². The Morgan fingerprint density at radius 1 is 1.21 bits per heavy atom. The summed E-state index contributed by atoms with van der Waals surface area (Å²) in [5.74, 6) is 0.931. The quantitative estimate of drug-likeness (QED) is 0.783. The Morgan fingerprint density at radius 2 is 1.89 bits per heavy atom. The number of piperidine rings is 1. The van der Waals surface area contributed by atoms with E-state index in [0.29, 0.717) is 0 Å². The summed E-state index contributed by atoms with van der Waals surface area (Å²) in [5, 5.41) is 0. The fourth-order valence-electron chi connectivity index (χ4n) is 2.58. The predicted molar refractivity (Wildman–Crippen MR) is 80.3 cm³/mol. The van der Waals surface area contributed by atoms with Crippen molar-refractivity contribution >= 4 is 0 Å². The van der Waals surface area contributed by atoms with Gasteiger partial charge in [0.15, 0.2) is 0 Å². The Labute approximate surface area is 117 Å². The molecule has 0 N–H and O–H groups in total. The highest BCUT2D eigenvalue weighted by molar-refractivity contribution is 5.09. The van der Waals surface area contributed by atoms with Gasteiger partial charge in [-0.05, 0) is 63.0 Å². The summed E-state index contributed by atoms with van der Waals surface area (Å²) in [6.45, 7) is 8.49. The third kappa shape index (κ3) is 5.29. The van der Waals surface area contributed by atoms with E-state index in [1.54, 1.807) is 0 Å². The van der Waals surface area contributed by atoms with E-state index in [-0.39, 0.29) is 0 Å². The van der Waals surface area contributed by atoms with Crippen LogP contribution in [0.15, 0.2) is 24.5 Å². The van der Waals surface area contributed by atoms with Crippen LogP contribution in [0.25, 0.3) is 0 Å². The number of pyridine rings is 1. The Morgan fingerprint density at radius 3 is 2.58 bits per heavy atom. The maximum absolute atomic E-state index is 4.06. The van der Waals surface area contributed by atoms with Gasteiger partial charge in [-0.15, -0.1) is 0 Å². The van der Waals surface area contributed by atoms with Gasteiger partial charge in [0.2, 0.25) is 0 Å². The molecule has 0 saturated carbocycles. The summed E-state index contributed by atoms with van der Waals surface area (Å²) in [6, 6.07) is 4.22. The predicted octanol–water partition coefficient (Wildman–Crippen LogP) is 2.29. The molecule has 2 rings (SSSR count). The molecular weight excluding hydrogens is 234 g/mol. The Hall–Kier alpha value is -0.930. The Kier molecular flexibility index (Phi) is 5.80. The van der Waals surface area contributed by atoms with Crippen LogP contribution < -0.4 is 0 Å². The van der Waals surface area contributed by atoms with E-state index in [1.165, 1.54) is 44.6 Å². The first-order valence-corrected chi connectivity index (χ1v) is 7.54. The van der Waals surface area contributed by atoms with Gasteiger partial charge in [0, 0.05) is 32.0 Å². The molecule has 106 valence electrons. The number of likely N-dealkylation sites (tertiary alicyclic amines) is 1. The smallest absolute Gasteiger partial charge is 0.0270 e. The fraction of sp³-hybridized carbons (Fsp3) is 0.688. The third-order valence-electron chi connectivity index (χ3n) is 4.21. The molecule has 0 unspecified atom stereocenters. The summed E-state index contributed by atoms with van der Waals surface area (Å²) >= 11 is 0. The Bertz CT molecular complexity index is 344. The average Bonchev–Trinajstić information content (AvgIpc) is 2.45. The van der Waals surface area contributed by atoms with E-state index >= 15 is 0 Å². The molecule has 19 heavy (non-hydrogen) atoms. The molecule has 1 aromatic rings. The maximum atomic E-state index is 4.06. The molecule has 3 heteroatoms. The highest BCUT2D eigenvalue weighted by atomic mass is 15.2. The first-order valence-electron chi connectivity index (χ1n) is 7.54. The minimum atomic E-state index is 0.931. The van der Waals surface area contributed by atoms with Gasteiger partial charge in [0.05, 0.1) is 0 Å². The number of aromatic nitrogens is 1. The summed E-state index contributed by atoms with van der Waals surface area (Å²) in [7, 11) is 2.23. The lowest BCUT2D eigenvalue weighted by molar-refractivity contribution is 0.171. The number of likely N-dealkylation sites (N-methyl/N-ethyl adjacent to an activating group) is 1. The van der Waals surface area contributed by atoms with Crippen molar-refractivity contribution < 1.29 is 0 Å². The first kappa shape index (κ1) is 14.5. The van der Waals surface area contributed by atoms with Crippen molar-refractivity contribution in [3.05, 3.63) is 30.1 Å². The van der Waals surface area contributed by atoms with Crippen LogP contribution >= 0.6 is 0 Å². The third-order valence-corrected chi connectivity index (χ3v) is 4.21. The largest absolute Gasteiger partial charge is 0.305 e. The van der Waals surface area contributed by atoms with Crippen LogP contribution in [0.2, 0.25) is 0 Å². The van der Waals surface area contributed by atoms with Gasteiger partial charge in [-0.3, -0.25) is 4.98 Å². The molecule has 1 fully saturated rings. The van der Waals surface area contributed by atoms with Crippen LogP contribution in [0, 0.1) is 5.92 Å². The number of hydrogen-bond acceptors (Lipinski definition) is 3. The van der Waals surface area contributed by atoms with E-state index in [2.05, 4.69) is 40.9 Å². The molecule has 0 spiro atoms.